The Kier molecular flexibility index (Phi) is 6.13. The average molecular weight is 269 g/mol. The number of benzene rings is 1. The monoisotopic (exact) mass is 268 g/mol. The van der Waals surface area contributed by atoms with E-state index in [0.29, 0.717) is 6.04 Å². The first kappa shape index (κ1) is 15.5. The largest absolute Gasteiger partial charge is 0.326 e. The van der Waals surface area contributed by atoms with Crippen LogP contribution in [0.5, 0.6) is 0 Å². The van der Waals surface area contributed by atoms with Crippen LogP contribution in [-0.4, -0.2) is 23.5 Å². The molecule has 0 fully saturated rings. The van der Waals surface area contributed by atoms with Gasteiger partial charge in [0.25, 0.3) is 0 Å². The van der Waals surface area contributed by atoms with E-state index in [0.717, 1.165) is 23.6 Å². The molecule has 2 unspecified atom stereocenters. The molecule has 0 amide bonds. The smallest absolute Gasteiger partial charge is 0.0513 e. The molecule has 18 heavy (non-hydrogen) atoms. The summed E-state index contributed by atoms with van der Waals surface area (Å²) in [5, 5.41) is 0.807. The molecule has 0 aliphatic heterocycles. The second-order valence-corrected chi connectivity index (χ2v) is 5.56. The molecule has 0 aliphatic carbocycles. The van der Waals surface area contributed by atoms with Crippen molar-refractivity contribution < 1.29 is 0 Å². The Morgan fingerprint density at radius 1 is 1.22 bits per heavy atom. The third-order valence-electron chi connectivity index (χ3n) is 3.22. The van der Waals surface area contributed by atoms with Gasteiger partial charge in [-0.05, 0) is 45.4 Å². The fourth-order valence-corrected chi connectivity index (χ4v) is 2.70. The molecule has 0 heterocycles. The van der Waals surface area contributed by atoms with Crippen molar-refractivity contribution in [2.75, 3.05) is 6.54 Å². The van der Waals surface area contributed by atoms with Gasteiger partial charge in [-0.3, -0.25) is 4.90 Å². The van der Waals surface area contributed by atoms with Crippen LogP contribution in [-0.2, 0) is 0 Å². The van der Waals surface area contributed by atoms with Crippen LogP contribution < -0.4 is 5.73 Å². The minimum Gasteiger partial charge on any atom is -0.326 e. The number of hydrogen-bond donors (Lipinski definition) is 1. The van der Waals surface area contributed by atoms with Crippen LogP contribution in [0.2, 0.25) is 5.02 Å². The number of nitrogens with zero attached hydrogens (tertiary/aromatic N) is 1. The molecule has 2 atom stereocenters. The highest BCUT2D eigenvalue weighted by Crippen LogP contribution is 2.31. The molecule has 0 saturated carbocycles. The van der Waals surface area contributed by atoms with E-state index in [-0.39, 0.29) is 12.1 Å². The fraction of sp³-hybridized carbons (Fsp3) is 0.600. The molecule has 0 bridgehead atoms. The van der Waals surface area contributed by atoms with Gasteiger partial charge in [0.2, 0.25) is 0 Å². The van der Waals surface area contributed by atoms with Gasteiger partial charge in [0.1, 0.15) is 0 Å². The van der Waals surface area contributed by atoms with E-state index < -0.39 is 0 Å². The zero-order valence-corrected chi connectivity index (χ0v) is 12.6. The molecule has 2 nitrogen and oxygen atoms in total. The van der Waals surface area contributed by atoms with Gasteiger partial charge in [-0.1, -0.05) is 36.7 Å². The molecular formula is C15H25ClN2. The minimum absolute atomic E-state index is 0.0545. The molecule has 0 saturated heterocycles. The summed E-state index contributed by atoms with van der Waals surface area (Å²) in [4.78, 5) is 2.44. The van der Waals surface area contributed by atoms with Crippen molar-refractivity contribution in [3.8, 4) is 0 Å². The topological polar surface area (TPSA) is 29.3 Å². The van der Waals surface area contributed by atoms with E-state index in [1.54, 1.807) is 0 Å². The molecule has 0 aliphatic rings. The third kappa shape index (κ3) is 3.71. The zero-order valence-electron chi connectivity index (χ0n) is 11.9. The lowest BCUT2D eigenvalue weighted by molar-refractivity contribution is 0.136. The molecular weight excluding hydrogens is 244 g/mol. The Balaban J connectivity index is 3.12. The van der Waals surface area contributed by atoms with Gasteiger partial charge in [-0.15, -0.1) is 0 Å². The summed E-state index contributed by atoms with van der Waals surface area (Å²) in [6.07, 6.45) is 1.12. The first-order chi connectivity index (χ1) is 8.49. The Morgan fingerprint density at radius 3 is 2.28 bits per heavy atom. The van der Waals surface area contributed by atoms with Crippen molar-refractivity contribution in [2.24, 2.45) is 5.73 Å². The summed E-state index contributed by atoms with van der Waals surface area (Å²) in [7, 11) is 0. The quantitative estimate of drug-likeness (QED) is 0.849. The molecule has 0 radical (unpaired) electrons. The van der Waals surface area contributed by atoms with Crippen molar-refractivity contribution in [3.05, 3.63) is 34.9 Å². The molecule has 0 aromatic heterocycles. The van der Waals surface area contributed by atoms with Crippen LogP contribution in [0.1, 0.15) is 45.7 Å². The van der Waals surface area contributed by atoms with Crippen LogP contribution >= 0.6 is 11.6 Å². The molecule has 0 spiro atoms. The average Bonchev–Trinajstić information content (AvgIpc) is 2.30. The first-order valence-corrected chi connectivity index (χ1v) is 7.12. The standard InChI is InChI=1S/C15H25ClN2/c1-5-10-18(11(2)3)15(12(4)17)13-8-6-7-9-14(13)16/h6-9,11-12,15H,5,10,17H2,1-4H3. The van der Waals surface area contributed by atoms with Crippen molar-refractivity contribution in [2.45, 2.75) is 52.2 Å². The van der Waals surface area contributed by atoms with E-state index in [4.69, 9.17) is 17.3 Å². The number of hydrogen-bond acceptors (Lipinski definition) is 2. The molecule has 1 rings (SSSR count). The summed E-state index contributed by atoms with van der Waals surface area (Å²) in [6, 6.07) is 8.71. The lowest BCUT2D eigenvalue weighted by Crippen LogP contribution is -2.43. The van der Waals surface area contributed by atoms with E-state index in [1.165, 1.54) is 0 Å². The summed E-state index contributed by atoms with van der Waals surface area (Å²) in [5.74, 6) is 0. The van der Waals surface area contributed by atoms with Crippen LogP contribution in [0.25, 0.3) is 0 Å². The van der Waals surface area contributed by atoms with Gasteiger partial charge < -0.3 is 5.73 Å². The summed E-state index contributed by atoms with van der Waals surface area (Å²) in [5.41, 5.74) is 7.34. The SMILES string of the molecule is CCCN(C(C)C)C(c1ccccc1Cl)C(C)N. The van der Waals surface area contributed by atoms with Gasteiger partial charge in [-0.25, -0.2) is 0 Å². The van der Waals surface area contributed by atoms with Crippen LogP contribution in [0.3, 0.4) is 0 Å². The number of nitrogens with two attached hydrogens (primary N) is 1. The predicted molar refractivity (Wildman–Crippen MR) is 80.0 cm³/mol. The van der Waals surface area contributed by atoms with Crippen LogP contribution in [0, 0.1) is 0 Å². The molecule has 3 heteroatoms. The molecule has 1 aromatic rings. The lowest BCUT2D eigenvalue weighted by atomic mass is 9.97. The zero-order chi connectivity index (χ0) is 13.7. The van der Waals surface area contributed by atoms with E-state index in [9.17, 15) is 0 Å². The van der Waals surface area contributed by atoms with Crippen LogP contribution in [0.4, 0.5) is 0 Å². The second-order valence-electron chi connectivity index (χ2n) is 5.16. The van der Waals surface area contributed by atoms with Crippen LogP contribution in [0.15, 0.2) is 24.3 Å². The summed E-state index contributed by atoms with van der Waals surface area (Å²) in [6.45, 7) is 9.71. The Labute approximate surface area is 116 Å². The number of halogens is 1. The maximum atomic E-state index is 6.33. The normalized spacial score (nSPS) is 15.1. The van der Waals surface area contributed by atoms with E-state index in [2.05, 4.69) is 38.7 Å². The molecule has 1 aromatic carbocycles. The molecule has 102 valence electrons. The maximum absolute atomic E-state index is 6.33. The van der Waals surface area contributed by atoms with Crippen molar-refractivity contribution in [1.82, 2.24) is 4.90 Å². The molecule has 2 N–H and O–H groups in total. The van der Waals surface area contributed by atoms with Crippen molar-refractivity contribution in [3.63, 3.8) is 0 Å². The summed E-state index contributed by atoms with van der Waals surface area (Å²) < 4.78 is 0. The van der Waals surface area contributed by atoms with Gasteiger partial charge in [-0.2, -0.15) is 0 Å². The van der Waals surface area contributed by atoms with Gasteiger partial charge in [0.05, 0.1) is 6.04 Å². The first-order valence-electron chi connectivity index (χ1n) is 6.74. The van der Waals surface area contributed by atoms with Crippen molar-refractivity contribution >= 4 is 11.6 Å². The van der Waals surface area contributed by atoms with Gasteiger partial charge >= 0.3 is 0 Å². The highest BCUT2D eigenvalue weighted by atomic mass is 35.5. The van der Waals surface area contributed by atoms with E-state index >= 15 is 0 Å². The maximum Gasteiger partial charge on any atom is 0.0513 e. The van der Waals surface area contributed by atoms with Crippen molar-refractivity contribution in [1.29, 1.82) is 0 Å². The number of rotatable bonds is 6. The Morgan fingerprint density at radius 2 is 1.83 bits per heavy atom. The van der Waals surface area contributed by atoms with Gasteiger partial charge in [0.15, 0.2) is 0 Å². The van der Waals surface area contributed by atoms with E-state index in [1.807, 2.05) is 18.2 Å². The summed E-state index contributed by atoms with van der Waals surface area (Å²) >= 11 is 6.33. The second kappa shape index (κ2) is 7.13. The highest BCUT2D eigenvalue weighted by molar-refractivity contribution is 6.31. The lowest BCUT2D eigenvalue weighted by Gasteiger charge is -2.37. The fourth-order valence-electron chi connectivity index (χ4n) is 2.46. The third-order valence-corrected chi connectivity index (χ3v) is 3.57. The van der Waals surface area contributed by atoms with Gasteiger partial charge in [0, 0.05) is 17.1 Å². The highest BCUT2D eigenvalue weighted by Gasteiger charge is 2.26. The minimum atomic E-state index is 0.0545. The predicted octanol–water partition coefficient (Wildman–Crippen LogP) is 3.85. The Bertz CT molecular complexity index is 363. The Hall–Kier alpha value is -0.570.